The van der Waals surface area contributed by atoms with Crippen LogP contribution >= 0.6 is 0 Å². The number of nitrogens with one attached hydrogen (secondary N) is 1. The fraction of sp³-hybridized carbons (Fsp3) is 0.0500. The van der Waals surface area contributed by atoms with Gasteiger partial charge in [0.15, 0.2) is 11.5 Å². The van der Waals surface area contributed by atoms with Crippen molar-refractivity contribution in [1.82, 2.24) is 10.6 Å². The Balaban J connectivity index is 1.41. The summed E-state index contributed by atoms with van der Waals surface area (Å²) in [5, 5.41) is 7.76. The average molecular weight is 345 g/mol. The number of hydrogen-bond donors (Lipinski definition) is 1. The molecule has 2 aromatic carbocycles. The van der Waals surface area contributed by atoms with Gasteiger partial charge < -0.3 is 9.26 Å². The minimum absolute atomic E-state index is 0.167. The number of carbonyl (C=O) groups is 1. The molecule has 2 heterocycles. The number of para-hydroxylation sites is 1. The summed E-state index contributed by atoms with van der Waals surface area (Å²) in [5.74, 6) is 0.925. The molecule has 1 N–H and O–H groups in total. The summed E-state index contributed by atoms with van der Waals surface area (Å²) < 4.78 is 10.8. The van der Waals surface area contributed by atoms with E-state index in [4.69, 9.17) is 9.26 Å². The van der Waals surface area contributed by atoms with Crippen LogP contribution in [0.25, 0.3) is 17.4 Å². The van der Waals surface area contributed by atoms with E-state index in [-0.39, 0.29) is 5.69 Å². The van der Waals surface area contributed by atoms with E-state index < -0.39 is 5.91 Å². The predicted octanol–water partition coefficient (Wildman–Crippen LogP) is 3.53. The van der Waals surface area contributed by atoms with Gasteiger partial charge in [-0.2, -0.15) is 5.10 Å². The molecule has 0 fully saturated rings. The maximum absolute atomic E-state index is 12.1. The highest BCUT2D eigenvalue weighted by molar-refractivity contribution is 5.94. The number of hydrogen-bond acceptors (Lipinski definition) is 5. The third kappa shape index (κ3) is 3.39. The van der Waals surface area contributed by atoms with E-state index >= 15 is 0 Å². The summed E-state index contributed by atoms with van der Waals surface area (Å²) in [7, 11) is 0. The Morgan fingerprint density at radius 3 is 2.81 bits per heavy atom. The van der Waals surface area contributed by atoms with Crippen molar-refractivity contribution in [3.8, 4) is 17.1 Å². The molecule has 0 aliphatic carbocycles. The molecule has 4 rings (SSSR count). The topological polar surface area (TPSA) is 76.7 Å². The monoisotopic (exact) mass is 345 g/mol. The molecule has 6 heteroatoms. The van der Waals surface area contributed by atoms with E-state index in [1.165, 1.54) is 0 Å². The van der Waals surface area contributed by atoms with Crippen LogP contribution < -0.4 is 10.2 Å². The van der Waals surface area contributed by atoms with Gasteiger partial charge in [0, 0.05) is 22.8 Å². The molecule has 1 aliphatic rings. The first-order valence-corrected chi connectivity index (χ1v) is 8.07. The fourth-order valence-electron chi connectivity index (χ4n) is 2.56. The molecule has 0 saturated heterocycles. The van der Waals surface area contributed by atoms with E-state index in [1.54, 1.807) is 12.3 Å². The number of benzene rings is 2. The molecule has 1 aromatic heterocycles. The zero-order chi connectivity index (χ0) is 17.8. The van der Waals surface area contributed by atoms with Gasteiger partial charge in [0.05, 0.1) is 6.21 Å². The second kappa shape index (κ2) is 7.06. The molecule has 0 unspecified atom stereocenters. The van der Waals surface area contributed by atoms with Crippen LogP contribution in [0.5, 0.6) is 5.75 Å². The quantitative estimate of drug-likeness (QED) is 0.580. The first-order valence-electron chi connectivity index (χ1n) is 8.07. The standard InChI is InChI=1S/C20H15N3O3/c24-20(17-11-19(26-23-17)15-6-2-1-3-7-15)22-21-12-14-10-16-8-4-5-9-18(16)25-13-14/h1-12H,13H2,(H,22,24). The summed E-state index contributed by atoms with van der Waals surface area (Å²) in [5.41, 5.74) is 5.30. The number of nitrogens with zero attached hydrogens (tertiary/aromatic N) is 2. The second-order valence-corrected chi connectivity index (χ2v) is 5.69. The van der Waals surface area contributed by atoms with Gasteiger partial charge in [0.1, 0.15) is 12.4 Å². The van der Waals surface area contributed by atoms with Crippen LogP contribution in [0.1, 0.15) is 16.1 Å². The van der Waals surface area contributed by atoms with Crippen molar-refractivity contribution in [1.29, 1.82) is 0 Å². The van der Waals surface area contributed by atoms with Gasteiger partial charge in [-0.1, -0.05) is 53.7 Å². The van der Waals surface area contributed by atoms with Gasteiger partial charge in [0.25, 0.3) is 5.91 Å². The summed E-state index contributed by atoms with van der Waals surface area (Å²) >= 11 is 0. The van der Waals surface area contributed by atoms with Crippen molar-refractivity contribution in [2.24, 2.45) is 5.10 Å². The molecule has 1 aliphatic heterocycles. The minimum Gasteiger partial charge on any atom is -0.488 e. The zero-order valence-electron chi connectivity index (χ0n) is 13.8. The number of carbonyl (C=O) groups excluding carboxylic acids is 1. The summed E-state index contributed by atoms with van der Waals surface area (Å²) in [6.07, 6.45) is 3.53. The number of fused-ring (bicyclic) bond motifs is 1. The normalized spacial score (nSPS) is 13.0. The molecule has 6 nitrogen and oxygen atoms in total. The van der Waals surface area contributed by atoms with Gasteiger partial charge >= 0.3 is 0 Å². The van der Waals surface area contributed by atoms with Gasteiger partial charge in [-0.25, -0.2) is 5.43 Å². The largest absolute Gasteiger partial charge is 0.488 e. The van der Waals surface area contributed by atoms with Crippen molar-refractivity contribution < 1.29 is 14.1 Å². The van der Waals surface area contributed by atoms with Crippen LogP contribution in [0.15, 0.2) is 75.9 Å². The van der Waals surface area contributed by atoms with Gasteiger partial charge in [-0.05, 0) is 12.1 Å². The van der Waals surface area contributed by atoms with E-state index in [9.17, 15) is 4.79 Å². The highest BCUT2D eigenvalue weighted by Gasteiger charge is 2.13. The van der Waals surface area contributed by atoms with Crippen molar-refractivity contribution in [2.45, 2.75) is 0 Å². The lowest BCUT2D eigenvalue weighted by atomic mass is 10.1. The van der Waals surface area contributed by atoms with Crippen LogP contribution in [0.4, 0.5) is 0 Å². The summed E-state index contributed by atoms with van der Waals surface area (Å²) in [4.78, 5) is 12.1. The third-order valence-electron chi connectivity index (χ3n) is 3.85. The van der Waals surface area contributed by atoms with Crippen molar-refractivity contribution in [3.63, 3.8) is 0 Å². The summed E-state index contributed by atoms with van der Waals surface area (Å²) in [6.45, 7) is 0.401. The second-order valence-electron chi connectivity index (χ2n) is 5.69. The number of amides is 1. The molecule has 128 valence electrons. The molecule has 0 atom stereocenters. The van der Waals surface area contributed by atoms with E-state index in [0.717, 1.165) is 22.4 Å². The number of rotatable bonds is 4. The fourth-order valence-corrected chi connectivity index (χ4v) is 2.56. The highest BCUT2D eigenvalue weighted by atomic mass is 16.5. The van der Waals surface area contributed by atoms with Crippen LogP contribution in [0, 0.1) is 0 Å². The lowest BCUT2D eigenvalue weighted by molar-refractivity contribution is 0.0946. The van der Waals surface area contributed by atoms with Crippen molar-refractivity contribution in [2.75, 3.05) is 6.61 Å². The van der Waals surface area contributed by atoms with Crippen molar-refractivity contribution in [3.05, 3.63) is 77.5 Å². The minimum atomic E-state index is -0.440. The Hall–Kier alpha value is -3.67. The third-order valence-corrected chi connectivity index (χ3v) is 3.85. The predicted molar refractivity (Wildman–Crippen MR) is 97.8 cm³/mol. The van der Waals surface area contributed by atoms with Crippen LogP contribution in [0.2, 0.25) is 0 Å². The Morgan fingerprint density at radius 1 is 1.12 bits per heavy atom. The Kier molecular flexibility index (Phi) is 4.30. The lowest BCUT2D eigenvalue weighted by Crippen LogP contribution is -2.18. The molecule has 3 aromatic rings. The van der Waals surface area contributed by atoms with E-state index in [2.05, 4.69) is 15.7 Å². The van der Waals surface area contributed by atoms with E-state index in [0.29, 0.717) is 12.4 Å². The number of aromatic nitrogens is 1. The maximum Gasteiger partial charge on any atom is 0.293 e. The molecule has 0 bridgehead atoms. The van der Waals surface area contributed by atoms with Crippen molar-refractivity contribution >= 4 is 18.2 Å². The van der Waals surface area contributed by atoms with Crippen LogP contribution in [-0.2, 0) is 0 Å². The average Bonchev–Trinajstić information content (AvgIpc) is 3.19. The number of ether oxygens (including phenoxy) is 1. The molecule has 0 spiro atoms. The highest BCUT2D eigenvalue weighted by Crippen LogP contribution is 2.25. The van der Waals surface area contributed by atoms with Gasteiger partial charge in [0.2, 0.25) is 0 Å². The number of hydrazone groups is 1. The van der Waals surface area contributed by atoms with Crippen LogP contribution in [0.3, 0.4) is 0 Å². The molecular formula is C20H15N3O3. The Labute approximate surface area is 149 Å². The maximum atomic E-state index is 12.1. The van der Waals surface area contributed by atoms with Gasteiger partial charge in [-0.15, -0.1) is 0 Å². The summed E-state index contributed by atoms with van der Waals surface area (Å²) in [6, 6.07) is 18.8. The molecular weight excluding hydrogens is 330 g/mol. The molecule has 0 radical (unpaired) electrons. The molecule has 1 amide bonds. The first kappa shape index (κ1) is 15.8. The molecule has 0 saturated carbocycles. The lowest BCUT2D eigenvalue weighted by Gasteiger charge is -2.15. The van der Waals surface area contributed by atoms with Crippen LogP contribution in [-0.4, -0.2) is 23.9 Å². The smallest absolute Gasteiger partial charge is 0.293 e. The molecule has 26 heavy (non-hydrogen) atoms. The van der Waals surface area contributed by atoms with Gasteiger partial charge in [-0.3, -0.25) is 4.79 Å². The Morgan fingerprint density at radius 2 is 1.92 bits per heavy atom. The SMILES string of the molecule is O=C(NN=CC1=Cc2ccccc2OC1)c1cc(-c2ccccc2)on1. The zero-order valence-corrected chi connectivity index (χ0v) is 13.8. The first-order chi connectivity index (χ1) is 12.8. The van der Waals surface area contributed by atoms with E-state index in [1.807, 2.05) is 60.7 Å². The Bertz CT molecular complexity index is 990.